The lowest BCUT2D eigenvalue weighted by Gasteiger charge is -2.19. The van der Waals surface area contributed by atoms with Crippen molar-refractivity contribution in [2.45, 2.75) is 282 Å². The summed E-state index contributed by atoms with van der Waals surface area (Å²) in [4.78, 5) is 28.0. The van der Waals surface area contributed by atoms with Crippen LogP contribution in [0.2, 0.25) is 0 Å². The van der Waals surface area contributed by atoms with E-state index in [0.29, 0.717) is 132 Å². The van der Waals surface area contributed by atoms with Crippen molar-refractivity contribution in [1.29, 1.82) is 0 Å². The molecule has 0 heterocycles. The molecular weight excluding hydrogens is 1300 g/mol. The maximum Gasteiger partial charge on any atom is 0.251 e. The van der Waals surface area contributed by atoms with Crippen LogP contribution < -0.4 is 54.3 Å². The highest BCUT2D eigenvalue weighted by atomic mass is 16.6. The van der Waals surface area contributed by atoms with Gasteiger partial charge in [0, 0.05) is 24.2 Å². The fourth-order valence-corrected chi connectivity index (χ4v) is 12.4. The van der Waals surface area contributed by atoms with Crippen LogP contribution in [-0.4, -0.2) is 104 Å². The van der Waals surface area contributed by atoms with Gasteiger partial charge in [-0.15, -0.1) is 0 Å². The largest absolute Gasteiger partial charge is 0.490 e. The number of nitrogens with one attached hydrogen (secondary N) is 2. The highest BCUT2D eigenvalue weighted by Crippen LogP contribution is 2.42. The third kappa shape index (κ3) is 42.4. The van der Waals surface area contributed by atoms with E-state index in [4.69, 9.17) is 53.1 Å². The minimum Gasteiger partial charge on any atom is -0.490 e. The molecule has 104 heavy (non-hydrogen) atoms. The molecule has 0 aliphatic carbocycles. The van der Waals surface area contributed by atoms with Gasteiger partial charge in [0.2, 0.25) is 11.5 Å². The molecule has 0 aliphatic rings. The lowest BCUT2D eigenvalue weighted by Crippen LogP contribution is -2.28. The summed E-state index contributed by atoms with van der Waals surface area (Å²) in [6.07, 6.45) is 33.8. The molecule has 0 radical (unpaired) electrons. The molecule has 2 amide bonds. The van der Waals surface area contributed by atoms with Crippen LogP contribution in [0.3, 0.4) is 0 Å². The quantitative estimate of drug-likeness (QED) is 0.0356. The molecule has 0 saturated carbocycles. The van der Waals surface area contributed by atoms with Crippen LogP contribution in [0.5, 0.6) is 46.0 Å². The van der Waals surface area contributed by atoms with Crippen LogP contribution in [0.1, 0.15) is 314 Å². The van der Waals surface area contributed by atoms with E-state index < -0.39 is 6.04 Å². The summed E-state index contributed by atoms with van der Waals surface area (Å²) in [7, 11) is 0. The summed E-state index contributed by atoms with van der Waals surface area (Å²) >= 11 is 0. The minimum atomic E-state index is -0.393. The van der Waals surface area contributed by atoms with Crippen LogP contribution in [0.25, 0.3) is 0 Å². The molecule has 0 aliphatic heterocycles. The van der Waals surface area contributed by atoms with E-state index in [2.05, 4.69) is 93.7 Å². The number of rotatable bonds is 66. The number of nitrogens with two attached hydrogens (primary N) is 1. The first-order chi connectivity index (χ1) is 50.4. The molecular formula is C89H147N3O12. The van der Waals surface area contributed by atoms with Gasteiger partial charge < -0.3 is 63.7 Å². The smallest absolute Gasteiger partial charge is 0.251 e. The van der Waals surface area contributed by atoms with Crippen molar-refractivity contribution >= 4 is 11.8 Å². The second-order valence-electron chi connectivity index (χ2n) is 31.3. The van der Waals surface area contributed by atoms with Gasteiger partial charge in [-0.25, -0.2) is 0 Å². The first kappa shape index (κ1) is 90.5. The highest BCUT2D eigenvalue weighted by molar-refractivity contribution is 5.96. The second-order valence-corrected chi connectivity index (χ2v) is 31.3. The molecule has 0 saturated heterocycles. The third-order valence-corrected chi connectivity index (χ3v) is 18.7. The van der Waals surface area contributed by atoms with Crippen LogP contribution in [0.4, 0.5) is 0 Å². The van der Waals surface area contributed by atoms with Gasteiger partial charge in [-0.3, -0.25) is 9.59 Å². The Morgan fingerprint density at radius 1 is 0.288 bits per heavy atom. The number of amides is 2. The van der Waals surface area contributed by atoms with E-state index in [-0.39, 0.29) is 64.5 Å². The number of hydrogen-bond donors (Lipinski definition) is 3. The van der Waals surface area contributed by atoms with Gasteiger partial charge in [-0.1, -0.05) is 274 Å². The summed E-state index contributed by atoms with van der Waals surface area (Å²) in [6, 6.07) is 22.5. The molecule has 0 aromatic heterocycles. The number of ether oxygens (including phenoxy) is 10. The zero-order valence-corrected chi connectivity index (χ0v) is 67.6. The normalized spacial score (nSPS) is 11.9. The number of carbonyl (C=O) groups excluding carboxylic acids is 2. The Labute approximate surface area is 632 Å². The second kappa shape index (κ2) is 57.3. The molecule has 15 nitrogen and oxygen atoms in total. The van der Waals surface area contributed by atoms with Gasteiger partial charge in [0.1, 0.15) is 13.2 Å². The van der Waals surface area contributed by atoms with Gasteiger partial charge in [0.05, 0.1) is 72.1 Å². The van der Waals surface area contributed by atoms with Crippen molar-refractivity contribution in [1.82, 2.24) is 10.6 Å². The molecule has 4 aromatic carbocycles. The van der Waals surface area contributed by atoms with Gasteiger partial charge in [0.15, 0.2) is 34.5 Å². The molecule has 1 unspecified atom stereocenters. The van der Waals surface area contributed by atoms with Gasteiger partial charge in [-0.2, -0.15) is 0 Å². The molecule has 4 N–H and O–H groups in total. The van der Waals surface area contributed by atoms with E-state index in [1.54, 1.807) is 0 Å². The SMILES string of the molecule is CC(C)CCCCCCOc1cc(C(=O)NCCOCCOc2ccc(C(N)c3ccccc3)cc2OCCOCCNC(=O)c2cc(OCCCCCCC(C)C)c(OCCCCCCC(C)C)c(OCCCCCCC(C)C)c2)cc(OCCCCCCC(C)C)c1OCCCCCCC(C)C. The average molecular weight is 1450 g/mol. The van der Waals surface area contributed by atoms with Crippen LogP contribution in [0, 0.1) is 35.5 Å². The van der Waals surface area contributed by atoms with Crippen LogP contribution in [-0.2, 0) is 9.47 Å². The maximum atomic E-state index is 14.0. The van der Waals surface area contributed by atoms with E-state index in [9.17, 15) is 9.59 Å². The standard InChI is InChI=1S/C89H147N3O12/c1-69(2)40-26-13-19-34-52-97-81-65-77(66-82(98-53-35-20-14-27-41-70(3)4)86(81)103-56-38-23-17-30-44-73(9)10)88(93)91-50-58-95-60-62-101-79-49-48-76(85(90)75-46-32-25-33-47-75)64-80(79)102-63-61-96-59-51-92-89(94)78-67-83(99-54-36-21-15-28-42-71(5)6)87(104-57-39-24-18-31-45-74(11)12)84(68-78)100-55-37-22-16-29-43-72(7)8/h25,32-33,46-49,64-74,85H,13-24,26-31,34-45,50-63,90H2,1-12H3,(H,91,93)(H,92,94). The minimum absolute atomic E-state index is 0.216. The van der Waals surface area contributed by atoms with E-state index in [1.807, 2.05) is 72.8 Å². The number of unbranched alkanes of at least 4 members (excludes halogenated alkanes) is 18. The predicted molar refractivity (Wildman–Crippen MR) is 430 cm³/mol. The van der Waals surface area contributed by atoms with E-state index in [0.717, 1.165) is 88.2 Å². The Morgan fingerprint density at radius 3 is 0.894 bits per heavy atom. The molecule has 0 spiro atoms. The van der Waals surface area contributed by atoms with E-state index >= 15 is 0 Å². The van der Waals surface area contributed by atoms with Crippen molar-refractivity contribution in [3.8, 4) is 46.0 Å². The number of benzene rings is 4. The van der Waals surface area contributed by atoms with Crippen LogP contribution >= 0.6 is 0 Å². The van der Waals surface area contributed by atoms with Crippen molar-refractivity contribution in [3.05, 3.63) is 95.1 Å². The van der Waals surface area contributed by atoms with Gasteiger partial charge in [-0.05, 0) is 122 Å². The Morgan fingerprint density at radius 2 is 0.577 bits per heavy atom. The number of hydrogen-bond acceptors (Lipinski definition) is 13. The molecule has 4 rings (SSSR count). The zero-order valence-electron chi connectivity index (χ0n) is 67.6. The molecule has 0 fully saturated rings. The lowest BCUT2D eigenvalue weighted by molar-refractivity contribution is 0.0828. The number of carbonyl (C=O) groups is 2. The Bertz CT molecular complexity index is 2720. The van der Waals surface area contributed by atoms with Crippen molar-refractivity contribution < 1.29 is 57.0 Å². The van der Waals surface area contributed by atoms with Crippen molar-refractivity contribution in [3.63, 3.8) is 0 Å². The topological polar surface area (TPSA) is 177 Å². The summed E-state index contributed by atoms with van der Waals surface area (Å²) in [5.41, 5.74) is 9.54. The summed E-state index contributed by atoms with van der Waals surface area (Å²) in [6.45, 7) is 32.6. The first-order valence-corrected chi connectivity index (χ1v) is 41.5. The molecule has 590 valence electrons. The summed E-state index contributed by atoms with van der Waals surface area (Å²) < 4.78 is 63.9. The summed E-state index contributed by atoms with van der Waals surface area (Å²) in [5.74, 6) is 8.13. The molecule has 15 heteroatoms. The van der Waals surface area contributed by atoms with Crippen molar-refractivity contribution in [2.75, 3.05) is 92.4 Å². The molecule has 0 bridgehead atoms. The highest BCUT2D eigenvalue weighted by Gasteiger charge is 2.23. The maximum absolute atomic E-state index is 14.0. The molecule has 4 aromatic rings. The average Bonchev–Trinajstić information content (AvgIpc) is 0.829. The zero-order chi connectivity index (χ0) is 75.2. The summed E-state index contributed by atoms with van der Waals surface area (Å²) in [5, 5.41) is 6.14. The van der Waals surface area contributed by atoms with Crippen molar-refractivity contribution in [2.24, 2.45) is 41.2 Å². The van der Waals surface area contributed by atoms with E-state index in [1.165, 1.54) is 116 Å². The Hall–Kier alpha value is -5.90. The van der Waals surface area contributed by atoms with Crippen LogP contribution in [0.15, 0.2) is 72.8 Å². The van der Waals surface area contributed by atoms with Gasteiger partial charge in [0.25, 0.3) is 11.8 Å². The fraction of sp³-hybridized carbons (Fsp3) is 0.708. The Kier molecular flexibility index (Phi) is 49.9. The van der Waals surface area contributed by atoms with Gasteiger partial charge >= 0.3 is 0 Å². The Balaban J connectivity index is 1.39. The molecule has 1 atom stereocenters. The lowest BCUT2D eigenvalue weighted by atomic mass is 9.99. The predicted octanol–water partition coefficient (Wildman–Crippen LogP) is 22.3. The first-order valence-electron chi connectivity index (χ1n) is 41.5. The fourth-order valence-electron chi connectivity index (χ4n) is 12.4. The monoisotopic (exact) mass is 1450 g/mol. The third-order valence-electron chi connectivity index (χ3n) is 18.7.